The van der Waals surface area contributed by atoms with Gasteiger partial charge in [0.1, 0.15) is 17.5 Å². The van der Waals surface area contributed by atoms with Crippen molar-refractivity contribution in [3.05, 3.63) is 121 Å². The summed E-state index contributed by atoms with van der Waals surface area (Å²) in [6.07, 6.45) is 0.202. The molecule has 2 N–H and O–H groups in total. The van der Waals surface area contributed by atoms with E-state index in [0.717, 1.165) is 5.56 Å². The molecule has 0 saturated carbocycles. The highest BCUT2D eigenvalue weighted by molar-refractivity contribution is 7.89. The molecule has 0 aliphatic rings. The fraction of sp³-hybridized carbons (Fsp3) is 0.0741. The molecule has 4 rings (SSSR count). The number of amides is 1. The largest absolute Gasteiger partial charge is 0.457 e. The molecular formula is C27H24N2O4S. The molecule has 0 spiro atoms. The maximum atomic E-state index is 13.1. The quantitative estimate of drug-likeness (QED) is 0.359. The molecule has 34 heavy (non-hydrogen) atoms. The van der Waals surface area contributed by atoms with Gasteiger partial charge in [0.25, 0.3) is 0 Å². The third-order valence-electron chi connectivity index (χ3n) is 5.05. The number of hydrogen-bond donors (Lipinski definition) is 2. The third-order valence-corrected chi connectivity index (χ3v) is 6.54. The van der Waals surface area contributed by atoms with Gasteiger partial charge in [0.15, 0.2) is 0 Å². The average molecular weight is 473 g/mol. The molecule has 6 nitrogen and oxygen atoms in total. The topological polar surface area (TPSA) is 84.5 Å². The van der Waals surface area contributed by atoms with Gasteiger partial charge in [-0.15, -0.1) is 0 Å². The molecule has 4 aromatic rings. The number of benzene rings is 4. The first-order valence-corrected chi connectivity index (χ1v) is 12.2. The monoisotopic (exact) mass is 472 g/mol. The van der Waals surface area contributed by atoms with Gasteiger partial charge in [-0.25, -0.2) is 8.42 Å². The van der Waals surface area contributed by atoms with Crippen LogP contribution in [-0.4, -0.2) is 20.4 Å². The molecule has 7 heteroatoms. The predicted octanol–water partition coefficient (Wildman–Crippen LogP) is 5.01. The average Bonchev–Trinajstić information content (AvgIpc) is 2.86. The minimum atomic E-state index is -3.89. The Kier molecular flexibility index (Phi) is 7.37. The van der Waals surface area contributed by atoms with Crippen LogP contribution in [-0.2, 0) is 21.2 Å². The SMILES string of the molecule is O=C(Nc1ccc(Oc2ccccc2)cc1)[C@H](Cc1ccccc1)NS(=O)(=O)c1ccccc1. The summed E-state index contributed by atoms with van der Waals surface area (Å²) < 4.78 is 34.1. The van der Waals surface area contributed by atoms with E-state index in [1.807, 2.05) is 60.7 Å². The van der Waals surface area contributed by atoms with Crippen LogP contribution in [0.25, 0.3) is 0 Å². The van der Waals surface area contributed by atoms with Crippen LogP contribution in [0.2, 0.25) is 0 Å². The molecule has 172 valence electrons. The van der Waals surface area contributed by atoms with Crippen LogP contribution in [0.1, 0.15) is 5.56 Å². The Morgan fingerprint density at radius 2 is 1.24 bits per heavy atom. The van der Waals surface area contributed by atoms with Crippen LogP contribution in [0.5, 0.6) is 11.5 Å². The molecule has 1 amide bonds. The molecule has 0 radical (unpaired) electrons. The summed E-state index contributed by atoms with van der Waals surface area (Å²) in [5, 5.41) is 2.81. The van der Waals surface area contributed by atoms with E-state index in [1.54, 1.807) is 42.5 Å². The van der Waals surface area contributed by atoms with Crippen molar-refractivity contribution < 1.29 is 17.9 Å². The van der Waals surface area contributed by atoms with E-state index in [-0.39, 0.29) is 11.3 Å². The number of ether oxygens (including phenoxy) is 1. The van der Waals surface area contributed by atoms with Gasteiger partial charge in [0.05, 0.1) is 4.90 Å². The molecule has 0 saturated heterocycles. The van der Waals surface area contributed by atoms with Gasteiger partial charge in [0.2, 0.25) is 15.9 Å². The summed E-state index contributed by atoms with van der Waals surface area (Å²) in [4.78, 5) is 13.2. The number of carbonyl (C=O) groups is 1. The summed E-state index contributed by atoms with van der Waals surface area (Å²) in [6, 6.07) is 32.5. The first-order chi connectivity index (χ1) is 16.5. The number of anilines is 1. The lowest BCUT2D eigenvalue weighted by atomic mass is 10.1. The van der Waals surface area contributed by atoms with Crippen LogP contribution in [0.3, 0.4) is 0 Å². The van der Waals surface area contributed by atoms with Gasteiger partial charge in [0, 0.05) is 5.69 Å². The fourth-order valence-corrected chi connectivity index (χ4v) is 4.57. The zero-order valence-electron chi connectivity index (χ0n) is 18.3. The molecule has 0 bridgehead atoms. The van der Waals surface area contributed by atoms with E-state index >= 15 is 0 Å². The molecule has 0 unspecified atom stereocenters. The van der Waals surface area contributed by atoms with E-state index in [9.17, 15) is 13.2 Å². The van der Waals surface area contributed by atoms with Gasteiger partial charge in [-0.1, -0.05) is 66.7 Å². The van der Waals surface area contributed by atoms with Gasteiger partial charge in [-0.05, 0) is 60.5 Å². The number of para-hydroxylation sites is 1. The van der Waals surface area contributed by atoms with Crippen LogP contribution in [0.15, 0.2) is 120 Å². The lowest BCUT2D eigenvalue weighted by molar-refractivity contribution is -0.117. The minimum Gasteiger partial charge on any atom is -0.457 e. The zero-order chi connectivity index (χ0) is 23.8. The van der Waals surface area contributed by atoms with Crippen LogP contribution in [0.4, 0.5) is 5.69 Å². The van der Waals surface area contributed by atoms with Crippen molar-refractivity contribution in [2.24, 2.45) is 0 Å². The second kappa shape index (κ2) is 10.8. The van der Waals surface area contributed by atoms with Gasteiger partial charge in [-0.2, -0.15) is 4.72 Å². The smallest absolute Gasteiger partial charge is 0.242 e. The molecule has 0 heterocycles. The molecule has 0 fully saturated rings. The summed E-state index contributed by atoms with van der Waals surface area (Å²) in [6.45, 7) is 0. The number of rotatable bonds is 9. The maximum absolute atomic E-state index is 13.1. The normalized spacial score (nSPS) is 12.0. The molecule has 0 aliphatic heterocycles. The highest BCUT2D eigenvalue weighted by atomic mass is 32.2. The van der Waals surface area contributed by atoms with Crippen LogP contribution in [0, 0.1) is 0 Å². The van der Waals surface area contributed by atoms with Gasteiger partial charge < -0.3 is 10.1 Å². The Morgan fingerprint density at radius 1 is 0.706 bits per heavy atom. The van der Waals surface area contributed by atoms with Crippen molar-refractivity contribution in [3.8, 4) is 11.5 Å². The number of carbonyl (C=O) groups excluding carboxylic acids is 1. The number of nitrogens with one attached hydrogen (secondary N) is 2. The van der Waals surface area contributed by atoms with Crippen molar-refractivity contribution in [3.63, 3.8) is 0 Å². The fourth-order valence-electron chi connectivity index (χ4n) is 3.35. The van der Waals surface area contributed by atoms with Crippen molar-refractivity contribution in [2.45, 2.75) is 17.4 Å². The highest BCUT2D eigenvalue weighted by Crippen LogP contribution is 2.23. The van der Waals surface area contributed by atoms with E-state index < -0.39 is 22.0 Å². The van der Waals surface area contributed by atoms with Crippen molar-refractivity contribution in [1.82, 2.24) is 4.72 Å². The highest BCUT2D eigenvalue weighted by Gasteiger charge is 2.26. The molecule has 4 aromatic carbocycles. The van der Waals surface area contributed by atoms with E-state index in [2.05, 4.69) is 10.0 Å². The Hall–Kier alpha value is -3.94. The Morgan fingerprint density at radius 3 is 1.85 bits per heavy atom. The summed E-state index contributed by atoms with van der Waals surface area (Å²) in [5.74, 6) is 0.868. The molecule has 0 aliphatic carbocycles. The molecule has 1 atom stereocenters. The summed E-state index contributed by atoms with van der Waals surface area (Å²) in [5.41, 5.74) is 1.37. The zero-order valence-corrected chi connectivity index (χ0v) is 19.1. The van der Waals surface area contributed by atoms with Crippen molar-refractivity contribution in [2.75, 3.05) is 5.32 Å². The lowest BCUT2D eigenvalue weighted by Crippen LogP contribution is -2.45. The Bertz CT molecular complexity index is 1310. The number of sulfonamides is 1. The molecule has 0 aromatic heterocycles. The van der Waals surface area contributed by atoms with E-state index in [0.29, 0.717) is 17.2 Å². The standard InChI is InChI=1S/C27H24N2O4S/c30-27(28-22-16-18-24(19-17-22)33-23-12-6-2-7-13-23)26(20-21-10-4-1-5-11-21)29-34(31,32)25-14-8-3-9-15-25/h1-19,26,29H,20H2,(H,28,30)/t26-/m0/s1. The van der Waals surface area contributed by atoms with Gasteiger partial charge in [-0.3, -0.25) is 4.79 Å². The maximum Gasteiger partial charge on any atom is 0.242 e. The second-order valence-corrected chi connectivity index (χ2v) is 9.32. The second-order valence-electron chi connectivity index (χ2n) is 7.61. The minimum absolute atomic E-state index is 0.100. The van der Waals surface area contributed by atoms with Crippen LogP contribution >= 0.6 is 0 Å². The van der Waals surface area contributed by atoms with Crippen molar-refractivity contribution in [1.29, 1.82) is 0 Å². The lowest BCUT2D eigenvalue weighted by Gasteiger charge is -2.19. The molecular weight excluding hydrogens is 448 g/mol. The van der Waals surface area contributed by atoms with Crippen molar-refractivity contribution >= 4 is 21.6 Å². The van der Waals surface area contributed by atoms with E-state index in [1.165, 1.54) is 12.1 Å². The van der Waals surface area contributed by atoms with E-state index in [4.69, 9.17) is 4.74 Å². The summed E-state index contributed by atoms with van der Waals surface area (Å²) >= 11 is 0. The first-order valence-electron chi connectivity index (χ1n) is 10.7. The number of hydrogen-bond acceptors (Lipinski definition) is 4. The Labute approximate surface area is 199 Å². The third kappa shape index (κ3) is 6.31. The van der Waals surface area contributed by atoms with Crippen LogP contribution < -0.4 is 14.8 Å². The first kappa shape index (κ1) is 23.2. The Balaban J connectivity index is 1.49. The van der Waals surface area contributed by atoms with Gasteiger partial charge >= 0.3 is 0 Å². The predicted molar refractivity (Wildman–Crippen MR) is 132 cm³/mol. The summed E-state index contributed by atoms with van der Waals surface area (Å²) in [7, 11) is -3.89.